The number of rotatable bonds is 5. The van der Waals surface area contributed by atoms with Gasteiger partial charge in [0, 0.05) is 31.1 Å². The van der Waals surface area contributed by atoms with E-state index in [9.17, 15) is 8.42 Å². The van der Waals surface area contributed by atoms with E-state index in [-0.39, 0.29) is 0 Å². The molecule has 1 aliphatic carbocycles. The largest absolute Gasteiger partial charge is 0.353 e. The van der Waals surface area contributed by atoms with Gasteiger partial charge in [-0.15, -0.1) is 11.3 Å². The van der Waals surface area contributed by atoms with Crippen molar-refractivity contribution in [1.82, 2.24) is 14.9 Å². The van der Waals surface area contributed by atoms with E-state index >= 15 is 0 Å². The fourth-order valence-corrected chi connectivity index (χ4v) is 6.09. The molecule has 0 atom stereocenters. The molecule has 1 aliphatic heterocycles. The molecule has 138 valence electrons. The van der Waals surface area contributed by atoms with Crippen LogP contribution in [-0.2, 0) is 16.6 Å². The van der Waals surface area contributed by atoms with Crippen molar-refractivity contribution in [2.75, 3.05) is 20.1 Å². The number of piperidine rings is 1. The molecule has 0 amide bonds. The maximum absolute atomic E-state index is 12.7. The number of hydrogen-bond acceptors (Lipinski definition) is 4. The summed E-state index contributed by atoms with van der Waals surface area (Å²) in [6, 6.07) is 4.01. The number of aliphatic imine (C=N–C) groups is 1. The van der Waals surface area contributed by atoms with Crippen LogP contribution in [-0.4, -0.2) is 44.9 Å². The highest BCUT2D eigenvalue weighted by Gasteiger charge is 2.27. The number of nitrogens with zero attached hydrogens (tertiary/aromatic N) is 2. The number of nitrogens with one attached hydrogen (secondary N) is 2. The van der Waals surface area contributed by atoms with Crippen LogP contribution >= 0.6 is 11.3 Å². The molecule has 0 spiro atoms. The van der Waals surface area contributed by atoms with E-state index in [1.165, 1.54) is 11.3 Å². The molecule has 1 fully saturated rings. The Kier molecular flexibility index (Phi) is 6.14. The van der Waals surface area contributed by atoms with Crippen molar-refractivity contribution in [3.63, 3.8) is 0 Å². The van der Waals surface area contributed by atoms with Crippen LogP contribution in [0.5, 0.6) is 0 Å². The third kappa shape index (κ3) is 4.62. The second-order valence-electron chi connectivity index (χ2n) is 6.40. The van der Waals surface area contributed by atoms with Gasteiger partial charge in [-0.1, -0.05) is 18.6 Å². The molecule has 1 aromatic rings. The van der Waals surface area contributed by atoms with Crippen molar-refractivity contribution >= 4 is 27.3 Å². The van der Waals surface area contributed by atoms with Crippen LogP contribution in [0.2, 0.25) is 0 Å². The first-order valence-electron chi connectivity index (χ1n) is 8.80. The van der Waals surface area contributed by atoms with Gasteiger partial charge in [0.2, 0.25) is 0 Å². The van der Waals surface area contributed by atoms with Crippen molar-refractivity contribution in [2.45, 2.75) is 48.9 Å². The molecular formula is C17H26N4O2S2. The van der Waals surface area contributed by atoms with Gasteiger partial charge in [0.05, 0.1) is 6.54 Å². The molecule has 6 nitrogen and oxygen atoms in total. The van der Waals surface area contributed by atoms with Gasteiger partial charge in [-0.25, -0.2) is 8.42 Å². The Morgan fingerprint density at radius 2 is 1.96 bits per heavy atom. The summed E-state index contributed by atoms with van der Waals surface area (Å²) in [5.41, 5.74) is 0. The average molecular weight is 383 g/mol. The summed E-state index contributed by atoms with van der Waals surface area (Å²) in [5, 5.41) is 6.65. The second-order valence-corrected chi connectivity index (χ2v) is 9.73. The topological polar surface area (TPSA) is 73.8 Å². The van der Waals surface area contributed by atoms with Crippen LogP contribution in [0.4, 0.5) is 0 Å². The molecule has 2 N–H and O–H groups in total. The van der Waals surface area contributed by atoms with E-state index in [2.05, 4.69) is 27.8 Å². The lowest BCUT2D eigenvalue weighted by Crippen LogP contribution is -2.41. The van der Waals surface area contributed by atoms with Crippen LogP contribution in [0.25, 0.3) is 0 Å². The van der Waals surface area contributed by atoms with Gasteiger partial charge in [-0.3, -0.25) is 4.99 Å². The Bertz CT molecular complexity index is 726. The lowest BCUT2D eigenvalue weighted by Gasteiger charge is -2.25. The third-order valence-corrected chi connectivity index (χ3v) is 8.00. The summed E-state index contributed by atoms with van der Waals surface area (Å²) in [4.78, 5) is 5.23. The lowest BCUT2D eigenvalue weighted by atomic mass is 10.2. The third-order valence-electron chi connectivity index (χ3n) is 4.55. The summed E-state index contributed by atoms with van der Waals surface area (Å²) in [6.45, 7) is 1.85. The highest BCUT2D eigenvalue weighted by Crippen LogP contribution is 2.27. The maximum atomic E-state index is 12.7. The highest BCUT2D eigenvalue weighted by molar-refractivity contribution is 7.91. The van der Waals surface area contributed by atoms with Crippen molar-refractivity contribution in [1.29, 1.82) is 0 Å². The molecule has 0 aromatic carbocycles. The highest BCUT2D eigenvalue weighted by atomic mass is 32.2. The van der Waals surface area contributed by atoms with Gasteiger partial charge < -0.3 is 10.6 Å². The van der Waals surface area contributed by atoms with Crippen LogP contribution < -0.4 is 10.6 Å². The molecule has 0 saturated carbocycles. The van der Waals surface area contributed by atoms with Crippen LogP contribution in [0.1, 0.15) is 37.0 Å². The Hall–Kier alpha value is -1.38. The van der Waals surface area contributed by atoms with Crippen LogP contribution in [0.3, 0.4) is 0 Å². The van der Waals surface area contributed by atoms with Crippen molar-refractivity contribution in [3.05, 3.63) is 29.2 Å². The van der Waals surface area contributed by atoms with E-state index in [4.69, 9.17) is 0 Å². The second kappa shape index (κ2) is 8.33. The molecule has 8 heteroatoms. The predicted molar refractivity (Wildman–Crippen MR) is 102 cm³/mol. The van der Waals surface area contributed by atoms with Gasteiger partial charge in [-0.2, -0.15) is 4.31 Å². The minimum atomic E-state index is -3.33. The Balaban J connectivity index is 1.57. The first-order valence-corrected chi connectivity index (χ1v) is 11.1. The Labute approximate surface area is 154 Å². The number of thiophene rings is 1. The standard InChI is InChI=1S/C17H26N4O2S2/c1-18-17(20-14-7-3-4-8-14)19-13-15-9-10-16(24-15)25(22,23)21-11-5-2-6-12-21/h3-4,9-10,14H,2,5-8,11-13H2,1H3,(H2,18,19,20). The minimum absolute atomic E-state index is 0.393. The first-order chi connectivity index (χ1) is 12.1. The van der Waals surface area contributed by atoms with Crippen LogP contribution in [0, 0.1) is 0 Å². The quantitative estimate of drug-likeness (QED) is 0.466. The zero-order valence-electron chi connectivity index (χ0n) is 14.6. The zero-order chi connectivity index (χ0) is 17.7. The van der Waals surface area contributed by atoms with E-state index in [0.29, 0.717) is 29.9 Å². The molecule has 25 heavy (non-hydrogen) atoms. The summed E-state index contributed by atoms with van der Waals surface area (Å²) < 4.78 is 27.5. The lowest BCUT2D eigenvalue weighted by molar-refractivity contribution is 0.347. The fraction of sp³-hybridized carbons (Fsp3) is 0.588. The SMILES string of the molecule is CN=C(NCc1ccc(S(=O)(=O)N2CCCCC2)s1)NC1CC=CC1. The molecule has 0 unspecified atom stereocenters. The van der Waals surface area contributed by atoms with E-state index in [0.717, 1.165) is 42.9 Å². The van der Waals surface area contributed by atoms with Gasteiger partial charge in [0.25, 0.3) is 10.0 Å². The first kappa shape index (κ1) is 18.4. The summed E-state index contributed by atoms with van der Waals surface area (Å²) in [5.74, 6) is 0.752. The predicted octanol–water partition coefficient (Wildman–Crippen LogP) is 2.31. The molecule has 1 saturated heterocycles. The summed E-state index contributed by atoms with van der Waals surface area (Å²) in [6.07, 6.45) is 9.39. The molecule has 1 aromatic heterocycles. The molecule has 3 rings (SSSR count). The number of hydrogen-bond donors (Lipinski definition) is 2. The van der Waals surface area contributed by atoms with E-state index < -0.39 is 10.0 Å². The average Bonchev–Trinajstić information content (AvgIpc) is 3.31. The van der Waals surface area contributed by atoms with Gasteiger partial charge in [0.15, 0.2) is 5.96 Å². The summed E-state index contributed by atoms with van der Waals surface area (Å²) in [7, 11) is -1.59. The number of guanidine groups is 1. The molecule has 2 heterocycles. The normalized spacial score (nSPS) is 20.1. The Morgan fingerprint density at radius 3 is 2.64 bits per heavy atom. The van der Waals surface area contributed by atoms with Crippen LogP contribution in [0.15, 0.2) is 33.5 Å². The van der Waals surface area contributed by atoms with Crippen molar-refractivity contribution in [2.24, 2.45) is 4.99 Å². The molecule has 2 aliphatic rings. The smallest absolute Gasteiger partial charge is 0.252 e. The maximum Gasteiger partial charge on any atom is 0.252 e. The number of sulfonamides is 1. The van der Waals surface area contributed by atoms with E-state index in [1.807, 2.05) is 6.07 Å². The fourth-order valence-electron chi connectivity index (χ4n) is 3.12. The van der Waals surface area contributed by atoms with Gasteiger partial charge in [-0.05, 0) is 37.8 Å². The van der Waals surface area contributed by atoms with Crippen molar-refractivity contribution < 1.29 is 8.42 Å². The minimum Gasteiger partial charge on any atom is -0.353 e. The van der Waals surface area contributed by atoms with Gasteiger partial charge >= 0.3 is 0 Å². The monoisotopic (exact) mass is 382 g/mol. The van der Waals surface area contributed by atoms with E-state index in [1.54, 1.807) is 17.4 Å². The van der Waals surface area contributed by atoms with Gasteiger partial charge in [0.1, 0.15) is 4.21 Å². The molecule has 0 bridgehead atoms. The van der Waals surface area contributed by atoms with Crippen molar-refractivity contribution in [3.8, 4) is 0 Å². The zero-order valence-corrected chi connectivity index (χ0v) is 16.2. The Morgan fingerprint density at radius 1 is 1.24 bits per heavy atom. The summed E-state index contributed by atoms with van der Waals surface area (Å²) >= 11 is 1.34. The molecular weight excluding hydrogens is 356 g/mol. The molecule has 0 radical (unpaired) electrons.